The number of carbonyl (C=O) groups excluding carboxylic acids is 4. The number of nitrogens with zero attached hydrogens (tertiary/aromatic N) is 3. The first kappa shape index (κ1) is 27.4. The summed E-state index contributed by atoms with van der Waals surface area (Å²) >= 11 is 0. The number of fused-ring (bicyclic) bond motifs is 4. The van der Waals surface area contributed by atoms with Gasteiger partial charge in [0, 0.05) is 22.3 Å². The summed E-state index contributed by atoms with van der Waals surface area (Å²) < 4.78 is 10.8. The van der Waals surface area contributed by atoms with Gasteiger partial charge >= 0.3 is 0 Å². The molecule has 7 rings (SSSR count). The molecule has 4 aromatic carbocycles. The van der Waals surface area contributed by atoms with Crippen molar-refractivity contribution in [2.45, 2.75) is 0 Å². The molecule has 2 aliphatic carbocycles. The van der Waals surface area contributed by atoms with Crippen molar-refractivity contribution in [3.05, 3.63) is 117 Å². The lowest BCUT2D eigenvalue weighted by Gasteiger charge is -2.23. The van der Waals surface area contributed by atoms with Gasteiger partial charge in [0.1, 0.15) is 11.5 Å². The molecule has 1 heterocycles. The highest BCUT2D eigenvalue weighted by Gasteiger charge is 2.36. The number of nitrogens with two attached hydrogens (primary N) is 1. The molecule has 0 saturated carbocycles. The molecule has 0 aliphatic heterocycles. The van der Waals surface area contributed by atoms with Crippen molar-refractivity contribution < 1.29 is 28.7 Å². The molecule has 45 heavy (non-hydrogen) atoms. The lowest BCUT2D eigenvalue weighted by atomic mass is 9.82. The molecular weight excluding hydrogens is 576 g/mol. The van der Waals surface area contributed by atoms with Crippen molar-refractivity contribution in [1.29, 1.82) is 0 Å². The van der Waals surface area contributed by atoms with Crippen LogP contribution in [0.5, 0.6) is 11.5 Å². The fraction of sp³-hybridized carbons (Fsp3) is 0.0606. The fourth-order valence-electron chi connectivity index (χ4n) is 5.68. The number of methoxy groups -OCH3 is 2. The zero-order valence-corrected chi connectivity index (χ0v) is 23.8. The van der Waals surface area contributed by atoms with Gasteiger partial charge in [-0.25, -0.2) is 0 Å². The van der Waals surface area contributed by atoms with Crippen molar-refractivity contribution in [1.82, 2.24) is 15.0 Å². The van der Waals surface area contributed by atoms with E-state index < -0.39 is 0 Å². The monoisotopic (exact) mass is 598 g/mol. The van der Waals surface area contributed by atoms with Crippen LogP contribution in [0.3, 0.4) is 0 Å². The van der Waals surface area contributed by atoms with Gasteiger partial charge in [0.05, 0.1) is 47.8 Å². The Hall–Kier alpha value is -6.43. The Labute approximate surface area is 255 Å². The van der Waals surface area contributed by atoms with Gasteiger partial charge in [-0.3, -0.25) is 19.2 Å². The van der Waals surface area contributed by atoms with E-state index in [9.17, 15) is 19.2 Å². The van der Waals surface area contributed by atoms with E-state index in [4.69, 9.17) is 15.2 Å². The Kier molecular flexibility index (Phi) is 6.32. The molecule has 4 N–H and O–H groups in total. The maximum atomic E-state index is 13.6. The van der Waals surface area contributed by atoms with Crippen LogP contribution in [0.1, 0.15) is 63.7 Å². The van der Waals surface area contributed by atoms with E-state index in [1.807, 2.05) is 0 Å². The van der Waals surface area contributed by atoms with Crippen LogP contribution in [0.4, 0.5) is 29.2 Å². The molecule has 0 fully saturated rings. The third-order valence-corrected chi connectivity index (χ3v) is 7.66. The third kappa shape index (κ3) is 4.27. The first-order chi connectivity index (χ1) is 21.8. The van der Waals surface area contributed by atoms with Crippen LogP contribution in [0.25, 0.3) is 0 Å². The minimum absolute atomic E-state index is 0.0494. The SMILES string of the molecule is COc1ccc(Nc2nc(N)nc(Nc3ccc(OC)c4c3C(=O)c3ccccc3C4=O)n2)c2c1C(=O)c1ccccc1C2=O. The quantitative estimate of drug-likeness (QED) is 0.245. The van der Waals surface area contributed by atoms with Gasteiger partial charge in [0.2, 0.25) is 17.8 Å². The summed E-state index contributed by atoms with van der Waals surface area (Å²) in [6.07, 6.45) is 0. The number of nitrogen functional groups attached to an aromatic ring is 1. The van der Waals surface area contributed by atoms with Crippen LogP contribution in [0, 0.1) is 0 Å². The second-order valence-electron chi connectivity index (χ2n) is 10.1. The zero-order valence-electron chi connectivity index (χ0n) is 23.8. The van der Waals surface area contributed by atoms with Crippen molar-refractivity contribution in [3.63, 3.8) is 0 Å². The molecule has 12 heteroatoms. The number of aromatic nitrogens is 3. The van der Waals surface area contributed by atoms with Gasteiger partial charge < -0.3 is 25.8 Å². The topological polar surface area (TPSA) is 175 Å². The summed E-state index contributed by atoms with van der Waals surface area (Å²) in [7, 11) is 2.83. The molecule has 0 radical (unpaired) electrons. The van der Waals surface area contributed by atoms with Crippen LogP contribution < -0.4 is 25.8 Å². The molecule has 0 spiro atoms. The highest BCUT2D eigenvalue weighted by molar-refractivity contribution is 6.32. The van der Waals surface area contributed by atoms with Crippen LogP contribution in [-0.4, -0.2) is 52.3 Å². The highest BCUT2D eigenvalue weighted by Crippen LogP contribution is 2.40. The minimum Gasteiger partial charge on any atom is -0.496 e. The van der Waals surface area contributed by atoms with E-state index in [0.717, 1.165) is 0 Å². The Morgan fingerprint density at radius 3 is 1.22 bits per heavy atom. The van der Waals surface area contributed by atoms with E-state index >= 15 is 0 Å². The van der Waals surface area contributed by atoms with Gasteiger partial charge in [-0.2, -0.15) is 15.0 Å². The summed E-state index contributed by atoms with van der Waals surface area (Å²) in [5, 5.41) is 5.98. The Bertz CT molecular complexity index is 2000. The molecule has 12 nitrogen and oxygen atoms in total. The fourth-order valence-corrected chi connectivity index (χ4v) is 5.68. The number of carbonyl (C=O) groups is 4. The van der Waals surface area contributed by atoms with Crippen LogP contribution in [0.2, 0.25) is 0 Å². The zero-order chi connectivity index (χ0) is 31.4. The van der Waals surface area contributed by atoms with Gasteiger partial charge in [-0.05, 0) is 24.3 Å². The van der Waals surface area contributed by atoms with E-state index in [0.29, 0.717) is 0 Å². The molecule has 1 aromatic heterocycles. The summed E-state index contributed by atoms with van der Waals surface area (Å²) in [5.74, 6) is -1.27. The first-order valence-corrected chi connectivity index (χ1v) is 13.6. The number of ketones is 4. The van der Waals surface area contributed by atoms with E-state index in [2.05, 4.69) is 25.6 Å². The van der Waals surface area contributed by atoms with E-state index in [-0.39, 0.29) is 108 Å². The smallest absolute Gasteiger partial charge is 0.233 e. The molecule has 5 aromatic rings. The Morgan fingerprint density at radius 2 is 0.867 bits per heavy atom. The number of hydrogen-bond acceptors (Lipinski definition) is 12. The van der Waals surface area contributed by atoms with Crippen molar-refractivity contribution in [2.24, 2.45) is 0 Å². The normalized spacial score (nSPS) is 12.9. The maximum Gasteiger partial charge on any atom is 0.233 e. The van der Waals surface area contributed by atoms with Crippen LogP contribution >= 0.6 is 0 Å². The summed E-state index contributed by atoms with van der Waals surface area (Å²) in [6, 6.07) is 19.4. The average Bonchev–Trinajstić information content (AvgIpc) is 3.05. The third-order valence-electron chi connectivity index (χ3n) is 7.66. The molecule has 0 unspecified atom stereocenters. The maximum absolute atomic E-state index is 13.6. The lowest BCUT2D eigenvalue weighted by Crippen LogP contribution is -2.23. The number of ether oxygens (including phenoxy) is 2. The van der Waals surface area contributed by atoms with Gasteiger partial charge in [-0.1, -0.05) is 48.5 Å². The van der Waals surface area contributed by atoms with E-state index in [1.165, 1.54) is 14.2 Å². The molecule has 0 amide bonds. The van der Waals surface area contributed by atoms with Crippen molar-refractivity contribution in [3.8, 4) is 11.5 Å². The molecular formula is C33H22N6O6. The summed E-state index contributed by atoms with van der Waals surface area (Å²) in [4.78, 5) is 66.9. The predicted octanol–water partition coefficient (Wildman–Crippen LogP) is 4.51. The number of nitrogens with one attached hydrogen (secondary N) is 2. The molecule has 0 atom stereocenters. The second kappa shape index (κ2) is 10.4. The minimum atomic E-state index is -0.379. The Balaban J connectivity index is 1.28. The first-order valence-electron chi connectivity index (χ1n) is 13.6. The van der Waals surface area contributed by atoms with Crippen molar-refractivity contribution >= 4 is 52.4 Å². The molecule has 0 saturated heterocycles. The second-order valence-corrected chi connectivity index (χ2v) is 10.1. The van der Waals surface area contributed by atoms with Crippen LogP contribution in [-0.2, 0) is 0 Å². The standard InChI is InChI=1S/C33H22N6O6/c1-44-21-13-11-19(23-25(21)29(42)17-9-5-3-7-15(17)27(23)40)35-32-37-31(34)38-33(39-32)36-20-12-14-22(45-2)26-24(20)28(41)16-8-4-6-10-18(16)30(26)43/h3-14H,1-2H3,(H4,34,35,36,37,38,39). The summed E-state index contributed by atoms with van der Waals surface area (Å²) in [5.41, 5.74) is 8.01. The Morgan fingerprint density at radius 1 is 0.511 bits per heavy atom. The van der Waals surface area contributed by atoms with Gasteiger partial charge in [0.25, 0.3) is 0 Å². The van der Waals surface area contributed by atoms with Crippen molar-refractivity contribution in [2.75, 3.05) is 30.6 Å². The number of benzene rings is 4. The molecule has 220 valence electrons. The lowest BCUT2D eigenvalue weighted by molar-refractivity contribution is 0.0977. The molecule has 2 aliphatic rings. The number of rotatable bonds is 6. The van der Waals surface area contributed by atoms with Crippen LogP contribution in [0.15, 0.2) is 72.8 Å². The van der Waals surface area contributed by atoms with Gasteiger partial charge in [0.15, 0.2) is 23.1 Å². The predicted molar refractivity (Wildman–Crippen MR) is 163 cm³/mol. The highest BCUT2D eigenvalue weighted by atomic mass is 16.5. The van der Waals surface area contributed by atoms with E-state index in [1.54, 1.807) is 72.8 Å². The van der Waals surface area contributed by atoms with Gasteiger partial charge in [-0.15, -0.1) is 0 Å². The largest absolute Gasteiger partial charge is 0.496 e. The molecule has 0 bridgehead atoms. The number of anilines is 5. The number of hydrogen-bond donors (Lipinski definition) is 3. The average molecular weight is 599 g/mol. The summed E-state index contributed by atoms with van der Waals surface area (Å²) in [6.45, 7) is 0.